The zero-order valence-corrected chi connectivity index (χ0v) is 15.7. The van der Waals surface area contributed by atoms with Gasteiger partial charge in [0.2, 0.25) is 0 Å². The van der Waals surface area contributed by atoms with Crippen LogP contribution in [-0.2, 0) is 0 Å². The largest absolute Gasteiger partial charge is 0.255 e. The molecule has 4 nitrogen and oxygen atoms in total. The topological polar surface area (TPSA) is 49.4 Å². The fourth-order valence-corrected chi connectivity index (χ4v) is 3.50. The number of nitrogens with zero attached hydrogens (tertiary/aromatic N) is 4. The van der Waals surface area contributed by atoms with Crippen LogP contribution in [0.25, 0.3) is 11.1 Å². The summed E-state index contributed by atoms with van der Waals surface area (Å²) in [7, 11) is 0. The van der Waals surface area contributed by atoms with Gasteiger partial charge in [0.25, 0.3) is 0 Å². The van der Waals surface area contributed by atoms with Crippen LogP contribution in [0.2, 0.25) is 0 Å². The zero-order valence-electron chi connectivity index (χ0n) is 15.7. The molecule has 0 aliphatic carbocycles. The first-order chi connectivity index (χ1) is 12.5. The molecule has 0 unspecified atom stereocenters. The van der Waals surface area contributed by atoms with E-state index >= 15 is 0 Å². The average Bonchev–Trinajstić information content (AvgIpc) is 2.80. The number of benzene rings is 2. The van der Waals surface area contributed by atoms with Crippen LogP contribution in [0.15, 0.2) is 56.4 Å². The fraction of sp³-hybridized carbons (Fsp3) is 0.273. The van der Waals surface area contributed by atoms with Gasteiger partial charge in [0.1, 0.15) is 0 Å². The molecule has 0 radical (unpaired) electrons. The number of hydrogen-bond acceptors (Lipinski definition) is 4. The quantitative estimate of drug-likeness (QED) is 0.565. The molecule has 130 valence electrons. The Morgan fingerprint density at radius 2 is 0.846 bits per heavy atom. The molecule has 0 atom stereocenters. The van der Waals surface area contributed by atoms with Crippen LogP contribution in [0, 0.1) is 0 Å². The lowest BCUT2D eigenvalue weighted by Gasteiger charge is -2.08. The summed E-state index contributed by atoms with van der Waals surface area (Å²) in [5.41, 5.74) is 10.4. The molecule has 2 aliphatic heterocycles. The van der Waals surface area contributed by atoms with Gasteiger partial charge in [-0.05, 0) is 63.1 Å². The minimum atomic E-state index is 0.828. The van der Waals surface area contributed by atoms with E-state index in [4.69, 9.17) is 9.98 Å². The third-order valence-corrected chi connectivity index (χ3v) is 4.55. The van der Waals surface area contributed by atoms with Gasteiger partial charge in [0, 0.05) is 35.7 Å². The number of aliphatic imine (C=N–C) groups is 4. The van der Waals surface area contributed by atoms with Crippen LogP contribution in [0.4, 0.5) is 22.7 Å². The molecule has 0 bridgehead atoms. The van der Waals surface area contributed by atoms with Crippen LogP contribution in [0.1, 0.15) is 40.5 Å². The van der Waals surface area contributed by atoms with Gasteiger partial charge in [-0.3, -0.25) is 20.0 Å². The second-order valence-electron chi connectivity index (χ2n) is 7.15. The molecule has 0 fully saturated rings. The molecule has 0 aromatic heterocycles. The van der Waals surface area contributed by atoms with Gasteiger partial charge in [-0.2, -0.15) is 0 Å². The molecule has 0 spiro atoms. The Hall–Kier alpha value is -2.88. The van der Waals surface area contributed by atoms with E-state index in [-0.39, 0.29) is 0 Å². The van der Waals surface area contributed by atoms with Crippen molar-refractivity contribution in [2.75, 3.05) is 0 Å². The van der Waals surface area contributed by atoms with E-state index in [0.717, 1.165) is 69.6 Å². The van der Waals surface area contributed by atoms with Crippen molar-refractivity contribution in [1.29, 1.82) is 0 Å². The van der Waals surface area contributed by atoms with Crippen LogP contribution in [0.3, 0.4) is 0 Å². The summed E-state index contributed by atoms with van der Waals surface area (Å²) >= 11 is 0. The summed E-state index contributed by atoms with van der Waals surface area (Å²) in [4.78, 5) is 18.9. The first-order valence-corrected chi connectivity index (χ1v) is 8.93. The maximum atomic E-state index is 4.75. The van der Waals surface area contributed by atoms with Crippen molar-refractivity contribution in [3.8, 4) is 11.1 Å². The first-order valence-electron chi connectivity index (χ1n) is 8.93. The fourth-order valence-electron chi connectivity index (χ4n) is 3.50. The van der Waals surface area contributed by atoms with E-state index in [1.165, 1.54) is 0 Å². The van der Waals surface area contributed by atoms with E-state index in [0.29, 0.717) is 0 Å². The van der Waals surface area contributed by atoms with Gasteiger partial charge in [-0.1, -0.05) is 12.1 Å². The molecule has 2 aromatic carbocycles. The predicted molar refractivity (Wildman–Crippen MR) is 112 cm³/mol. The lowest BCUT2D eigenvalue weighted by Crippen LogP contribution is -1.97. The van der Waals surface area contributed by atoms with Gasteiger partial charge in [-0.15, -0.1) is 0 Å². The van der Waals surface area contributed by atoms with Crippen molar-refractivity contribution in [2.24, 2.45) is 20.0 Å². The third-order valence-electron chi connectivity index (χ3n) is 4.55. The van der Waals surface area contributed by atoms with Crippen LogP contribution in [0.5, 0.6) is 0 Å². The summed E-state index contributed by atoms with van der Waals surface area (Å²) in [5, 5.41) is 0. The molecule has 2 heterocycles. The normalized spacial score (nSPS) is 16.3. The van der Waals surface area contributed by atoms with Crippen molar-refractivity contribution < 1.29 is 0 Å². The van der Waals surface area contributed by atoms with Crippen LogP contribution >= 0.6 is 0 Å². The molecule has 4 rings (SSSR count). The Morgan fingerprint density at radius 1 is 0.500 bits per heavy atom. The zero-order chi connectivity index (χ0) is 18.3. The highest BCUT2D eigenvalue weighted by molar-refractivity contribution is 6.07. The summed E-state index contributed by atoms with van der Waals surface area (Å²) in [5.74, 6) is 0. The minimum absolute atomic E-state index is 0.828. The highest BCUT2D eigenvalue weighted by atomic mass is 14.9. The Kier molecular flexibility index (Phi) is 4.11. The van der Waals surface area contributed by atoms with E-state index < -0.39 is 0 Å². The monoisotopic (exact) mass is 342 g/mol. The van der Waals surface area contributed by atoms with Crippen molar-refractivity contribution in [3.63, 3.8) is 0 Å². The van der Waals surface area contributed by atoms with Gasteiger partial charge < -0.3 is 0 Å². The van der Waals surface area contributed by atoms with Gasteiger partial charge in [0.15, 0.2) is 0 Å². The Labute approximate surface area is 154 Å². The maximum Gasteiger partial charge on any atom is 0.0891 e. The molecule has 4 heteroatoms. The summed E-state index contributed by atoms with van der Waals surface area (Å²) in [6.07, 6.45) is 1.66. The first kappa shape index (κ1) is 16.6. The summed E-state index contributed by atoms with van der Waals surface area (Å²) in [6, 6.07) is 12.6. The molecular weight excluding hydrogens is 320 g/mol. The molecule has 2 aromatic rings. The maximum absolute atomic E-state index is 4.75. The second kappa shape index (κ2) is 6.45. The highest BCUT2D eigenvalue weighted by Gasteiger charge is 2.12. The van der Waals surface area contributed by atoms with E-state index in [1.807, 2.05) is 0 Å². The van der Waals surface area contributed by atoms with Crippen LogP contribution < -0.4 is 0 Å². The van der Waals surface area contributed by atoms with Crippen molar-refractivity contribution in [1.82, 2.24) is 0 Å². The van der Waals surface area contributed by atoms with Gasteiger partial charge in [0.05, 0.1) is 22.7 Å². The van der Waals surface area contributed by atoms with E-state index in [2.05, 4.69) is 74.1 Å². The SMILES string of the molecule is CC1=Nc2ccc(-c3ccc4c(c3)N=C(C)CC(C)=N4)cc2N=C(C)C1. The third kappa shape index (κ3) is 3.27. The molecule has 2 aliphatic rings. The van der Waals surface area contributed by atoms with Crippen molar-refractivity contribution >= 4 is 45.6 Å². The lowest BCUT2D eigenvalue weighted by molar-refractivity contribution is 1.43. The second-order valence-corrected chi connectivity index (χ2v) is 7.15. The molecule has 0 saturated carbocycles. The predicted octanol–water partition coefficient (Wildman–Crippen LogP) is 6.53. The highest BCUT2D eigenvalue weighted by Crippen LogP contribution is 2.39. The Balaban J connectivity index is 1.81. The van der Waals surface area contributed by atoms with Gasteiger partial charge >= 0.3 is 0 Å². The number of fused-ring (bicyclic) bond motifs is 2. The van der Waals surface area contributed by atoms with E-state index in [9.17, 15) is 0 Å². The summed E-state index contributed by atoms with van der Waals surface area (Å²) < 4.78 is 0. The molecular formula is C22H22N4. The lowest BCUT2D eigenvalue weighted by atomic mass is 10.0. The van der Waals surface area contributed by atoms with Crippen molar-refractivity contribution in [2.45, 2.75) is 40.5 Å². The van der Waals surface area contributed by atoms with Crippen molar-refractivity contribution in [3.05, 3.63) is 36.4 Å². The molecule has 0 amide bonds. The molecule has 0 N–H and O–H groups in total. The smallest absolute Gasteiger partial charge is 0.0891 e. The number of rotatable bonds is 1. The van der Waals surface area contributed by atoms with E-state index in [1.54, 1.807) is 0 Å². The molecule has 0 saturated heterocycles. The average molecular weight is 342 g/mol. The number of hydrogen-bond donors (Lipinski definition) is 0. The van der Waals surface area contributed by atoms with Crippen LogP contribution in [-0.4, -0.2) is 22.8 Å². The Bertz CT molecular complexity index is 939. The molecule has 26 heavy (non-hydrogen) atoms. The Morgan fingerprint density at radius 3 is 1.23 bits per heavy atom. The summed E-state index contributed by atoms with van der Waals surface area (Å²) in [6.45, 7) is 8.22. The van der Waals surface area contributed by atoms with Gasteiger partial charge in [-0.25, -0.2) is 0 Å². The minimum Gasteiger partial charge on any atom is -0.255 e. The standard InChI is InChI=1S/C22H22N4/c1-13-9-15(3)25-21-11-17(5-7-19(21)23-13)18-6-8-20-22(12-18)26-16(4)10-14(2)24-20/h5-8,11-12H,9-10H2,1-4H3.